The number of hydrogen-bond donors (Lipinski definition) is 2. The van der Waals surface area contributed by atoms with Gasteiger partial charge in [-0.15, -0.1) is 0 Å². The van der Waals surface area contributed by atoms with Gasteiger partial charge in [0.2, 0.25) is 0 Å². The molecule has 3 heterocycles. The summed E-state index contributed by atoms with van der Waals surface area (Å²) in [4.78, 5) is 16.7. The summed E-state index contributed by atoms with van der Waals surface area (Å²) >= 11 is 0. The van der Waals surface area contributed by atoms with Crippen LogP contribution in [0.3, 0.4) is 0 Å². The molecule has 2 aliphatic rings. The van der Waals surface area contributed by atoms with Crippen molar-refractivity contribution in [3.63, 3.8) is 0 Å². The molecule has 176 valence electrons. The topological polar surface area (TPSA) is 75.2 Å². The molecule has 1 saturated carbocycles. The van der Waals surface area contributed by atoms with Crippen LogP contribution in [0, 0.1) is 5.92 Å². The molecule has 4 rings (SSSR count). The van der Waals surface area contributed by atoms with Gasteiger partial charge < -0.3 is 20.3 Å². The summed E-state index contributed by atoms with van der Waals surface area (Å²) in [5.74, 6) is 2.07. The largest absolute Gasteiger partial charge is 0.380 e. The Labute approximate surface area is 192 Å². The van der Waals surface area contributed by atoms with Crippen molar-refractivity contribution < 1.29 is 4.74 Å². The molecular formula is C25H40N6O. The van der Waals surface area contributed by atoms with Gasteiger partial charge in [0.15, 0.2) is 5.82 Å². The van der Waals surface area contributed by atoms with Crippen LogP contribution in [0.1, 0.15) is 63.5 Å². The van der Waals surface area contributed by atoms with Crippen LogP contribution in [0.25, 0.3) is 11.0 Å². The Bertz CT molecular complexity index is 838. The highest BCUT2D eigenvalue weighted by atomic mass is 16.5. The number of nitrogens with one attached hydrogen (secondary N) is 2. The lowest BCUT2D eigenvalue weighted by Crippen LogP contribution is -2.35. The Kier molecular flexibility index (Phi) is 8.65. The van der Waals surface area contributed by atoms with Crippen LogP contribution in [0.15, 0.2) is 18.5 Å². The number of fused-ring (bicyclic) bond motifs is 1. The number of ether oxygens (including phenoxy) is 1. The van der Waals surface area contributed by atoms with Crippen molar-refractivity contribution in [1.82, 2.24) is 25.2 Å². The highest BCUT2D eigenvalue weighted by Crippen LogP contribution is 2.34. The number of nitrogens with zero attached hydrogens (tertiary/aromatic N) is 4. The second kappa shape index (κ2) is 11.9. The Hall–Kier alpha value is -1.83. The average Bonchev–Trinajstić information content (AvgIpc) is 2.83. The third-order valence-electron chi connectivity index (χ3n) is 6.93. The van der Waals surface area contributed by atoms with Gasteiger partial charge in [0.25, 0.3) is 0 Å². The van der Waals surface area contributed by atoms with Crippen molar-refractivity contribution in [2.45, 2.75) is 63.8 Å². The van der Waals surface area contributed by atoms with Crippen LogP contribution >= 0.6 is 0 Å². The maximum absolute atomic E-state index is 5.60. The van der Waals surface area contributed by atoms with Gasteiger partial charge in [-0.1, -0.05) is 6.92 Å². The quantitative estimate of drug-likeness (QED) is 0.544. The van der Waals surface area contributed by atoms with Gasteiger partial charge in [-0.05, 0) is 70.5 Å². The number of anilines is 1. The number of aromatic nitrogens is 3. The molecule has 0 radical (unpaired) electrons. The summed E-state index contributed by atoms with van der Waals surface area (Å²) in [7, 11) is 2.22. The second-order valence-electron chi connectivity index (χ2n) is 9.59. The Morgan fingerprint density at radius 2 is 1.94 bits per heavy atom. The number of piperidine rings is 1. The molecule has 7 heteroatoms. The van der Waals surface area contributed by atoms with Crippen LogP contribution in [0.5, 0.6) is 0 Å². The first-order valence-corrected chi connectivity index (χ1v) is 12.6. The summed E-state index contributed by atoms with van der Waals surface area (Å²) < 4.78 is 5.60. The zero-order valence-electron chi connectivity index (χ0n) is 19.9. The van der Waals surface area contributed by atoms with E-state index in [4.69, 9.17) is 9.72 Å². The van der Waals surface area contributed by atoms with E-state index in [0.29, 0.717) is 17.9 Å². The normalized spacial score (nSPS) is 24.6. The summed E-state index contributed by atoms with van der Waals surface area (Å²) in [6.07, 6.45) is 11.9. The van der Waals surface area contributed by atoms with Crippen molar-refractivity contribution >= 4 is 16.9 Å². The van der Waals surface area contributed by atoms with E-state index in [9.17, 15) is 0 Å². The number of hydrogen-bond acceptors (Lipinski definition) is 7. The first kappa shape index (κ1) is 23.3. The van der Waals surface area contributed by atoms with Gasteiger partial charge in [-0.3, -0.25) is 4.98 Å². The maximum atomic E-state index is 5.60. The minimum Gasteiger partial charge on any atom is -0.380 e. The Balaban J connectivity index is 1.37. The third kappa shape index (κ3) is 6.36. The number of rotatable bonds is 10. The summed E-state index contributed by atoms with van der Waals surface area (Å²) in [5.41, 5.74) is 3.02. The fourth-order valence-electron chi connectivity index (χ4n) is 5.18. The summed E-state index contributed by atoms with van der Waals surface area (Å²) in [6.45, 7) is 8.07. The SMILES string of the molecule is CCCOCCNC1CCC(c2cc3nccnc3c(NCC3CCCN(C)C3)n2)CC1. The molecule has 1 aliphatic heterocycles. The van der Waals surface area contributed by atoms with E-state index >= 15 is 0 Å². The van der Waals surface area contributed by atoms with Crippen LogP contribution < -0.4 is 10.6 Å². The molecule has 2 N–H and O–H groups in total. The minimum absolute atomic E-state index is 0.497. The van der Waals surface area contributed by atoms with Gasteiger partial charge in [-0.25, -0.2) is 9.97 Å². The summed E-state index contributed by atoms with van der Waals surface area (Å²) in [5, 5.41) is 7.31. The van der Waals surface area contributed by atoms with E-state index < -0.39 is 0 Å². The number of likely N-dealkylation sites (tertiary alicyclic amines) is 1. The van der Waals surface area contributed by atoms with E-state index in [-0.39, 0.29) is 0 Å². The Morgan fingerprint density at radius 1 is 1.09 bits per heavy atom. The molecular weight excluding hydrogens is 400 g/mol. The zero-order chi connectivity index (χ0) is 22.2. The van der Waals surface area contributed by atoms with Crippen molar-refractivity contribution in [3.05, 3.63) is 24.2 Å². The van der Waals surface area contributed by atoms with Crippen molar-refractivity contribution in [2.24, 2.45) is 5.92 Å². The second-order valence-corrected chi connectivity index (χ2v) is 9.59. The van der Waals surface area contributed by atoms with E-state index in [1.54, 1.807) is 12.4 Å². The number of pyridine rings is 1. The molecule has 1 aliphatic carbocycles. The van der Waals surface area contributed by atoms with Crippen LogP contribution in [0.4, 0.5) is 5.82 Å². The lowest BCUT2D eigenvalue weighted by atomic mass is 9.83. The fraction of sp³-hybridized carbons (Fsp3) is 0.720. The van der Waals surface area contributed by atoms with Crippen LogP contribution in [-0.2, 0) is 4.74 Å². The average molecular weight is 441 g/mol. The molecule has 1 unspecified atom stereocenters. The standard InChI is InChI=1S/C25H40N6O/c1-3-14-32-15-12-26-21-8-6-20(7-9-21)22-16-23-24(28-11-10-27-23)25(30-22)29-17-19-5-4-13-31(2)18-19/h10-11,16,19-21,26H,3-9,12-15,17-18H2,1-2H3,(H,29,30). The molecule has 0 aromatic carbocycles. The van der Waals surface area contributed by atoms with Crippen molar-refractivity contribution in [2.75, 3.05) is 51.8 Å². The molecule has 1 saturated heterocycles. The monoisotopic (exact) mass is 440 g/mol. The molecule has 1 atom stereocenters. The van der Waals surface area contributed by atoms with Gasteiger partial charge in [0, 0.05) is 56.3 Å². The van der Waals surface area contributed by atoms with Gasteiger partial charge >= 0.3 is 0 Å². The smallest absolute Gasteiger partial charge is 0.154 e. The van der Waals surface area contributed by atoms with Crippen LogP contribution in [-0.4, -0.2) is 72.3 Å². The first-order valence-electron chi connectivity index (χ1n) is 12.6. The van der Waals surface area contributed by atoms with E-state index in [0.717, 1.165) is 56.1 Å². The molecule has 0 amide bonds. The molecule has 7 nitrogen and oxygen atoms in total. The molecule has 2 aromatic heterocycles. The predicted octanol–water partition coefficient (Wildman–Crippen LogP) is 3.82. The van der Waals surface area contributed by atoms with Gasteiger partial charge in [0.05, 0.1) is 12.1 Å². The molecule has 0 bridgehead atoms. The van der Waals surface area contributed by atoms with Crippen molar-refractivity contribution in [1.29, 1.82) is 0 Å². The molecule has 2 aromatic rings. The van der Waals surface area contributed by atoms with E-state index in [2.05, 4.69) is 45.5 Å². The van der Waals surface area contributed by atoms with Gasteiger partial charge in [-0.2, -0.15) is 0 Å². The lowest BCUT2D eigenvalue weighted by Gasteiger charge is -2.30. The third-order valence-corrected chi connectivity index (χ3v) is 6.93. The summed E-state index contributed by atoms with van der Waals surface area (Å²) in [6, 6.07) is 2.76. The lowest BCUT2D eigenvalue weighted by molar-refractivity contribution is 0.132. The Morgan fingerprint density at radius 3 is 2.75 bits per heavy atom. The van der Waals surface area contributed by atoms with Crippen LogP contribution in [0.2, 0.25) is 0 Å². The zero-order valence-corrected chi connectivity index (χ0v) is 19.9. The molecule has 0 spiro atoms. The molecule has 32 heavy (non-hydrogen) atoms. The van der Waals surface area contributed by atoms with Crippen molar-refractivity contribution in [3.8, 4) is 0 Å². The predicted molar refractivity (Wildman–Crippen MR) is 130 cm³/mol. The first-order chi connectivity index (χ1) is 15.7. The van der Waals surface area contributed by atoms with Gasteiger partial charge in [0.1, 0.15) is 5.52 Å². The van der Waals surface area contributed by atoms with E-state index in [1.165, 1.54) is 50.8 Å². The highest BCUT2D eigenvalue weighted by Gasteiger charge is 2.25. The maximum Gasteiger partial charge on any atom is 0.154 e. The molecule has 2 fully saturated rings. The highest BCUT2D eigenvalue weighted by molar-refractivity contribution is 5.85. The minimum atomic E-state index is 0.497. The van der Waals surface area contributed by atoms with E-state index in [1.807, 2.05) is 0 Å². The fourth-order valence-corrected chi connectivity index (χ4v) is 5.18.